The molecule has 1 aliphatic heterocycles. The fourth-order valence-electron chi connectivity index (χ4n) is 1.80. The molecule has 1 aliphatic rings. The molecule has 1 fully saturated rings. The van der Waals surface area contributed by atoms with E-state index in [0.717, 1.165) is 0 Å². The van der Waals surface area contributed by atoms with E-state index in [4.69, 9.17) is 10.5 Å². The Labute approximate surface area is 87.9 Å². The fraction of sp³-hybridized carbons (Fsp3) is 0.625. The highest BCUT2D eigenvalue weighted by atomic mass is 32.2. The first-order valence-electron chi connectivity index (χ1n) is 4.55. The molecule has 0 aliphatic carbocycles. The Kier molecular flexibility index (Phi) is 2.43. The van der Waals surface area contributed by atoms with Crippen molar-refractivity contribution < 1.29 is 13.2 Å². The number of aromatic nitrogens is 2. The highest BCUT2D eigenvalue weighted by Gasteiger charge is 2.39. The van der Waals surface area contributed by atoms with Gasteiger partial charge in [0.05, 0.1) is 35.5 Å². The Hall–Kier alpha value is -1.08. The maximum absolute atomic E-state index is 11.4. The van der Waals surface area contributed by atoms with Gasteiger partial charge in [-0.25, -0.2) is 8.42 Å². The van der Waals surface area contributed by atoms with Gasteiger partial charge in [-0.2, -0.15) is 5.10 Å². The van der Waals surface area contributed by atoms with Crippen molar-refractivity contribution in [3.63, 3.8) is 0 Å². The second-order valence-electron chi connectivity index (χ2n) is 3.67. The van der Waals surface area contributed by atoms with Crippen molar-refractivity contribution in [2.45, 2.75) is 12.1 Å². The molecular formula is C8H13N3O3S. The third-order valence-corrected chi connectivity index (χ3v) is 4.22. The summed E-state index contributed by atoms with van der Waals surface area (Å²) in [6.07, 6.45) is 2.78. The lowest BCUT2D eigenvalue weighted by molar-refractivity contribution is 0.0845. The zero-order valence-corrected chi connectivity index (χ0v) is 9.14. The summed E-state index contributed by atoms with van der Waals surface area (Å²) in [4.78, 5) is 0. The summed E-state index contributed by atoms with van der Waals surface area (Å²) >= 11 is 0. The summed E-state index contributed by atoms with van der Waals surface area (Å²) in [5.41, 5.74) is 6.05. The Morgan fingerprint density at radius 3 is 2.87 bits per heavy atom. The molecule has 1 aromatic rings. The fourth-order valence-corrected chi connectivity index (χ4v) is 3.69. The number of ether oxygens (including phenoxy) is 1. The predicted molar refractivity (Wildman–Crippen MR) is 55.1 cm³/mol. The molecule has 0 aromatic carbocycles. The van der Waals surface area contributed by atoms with Gasteiger partial charge in [-0.1, -0.05) is 0 Å². The molecule has 0 amide bonds. The Morgan fingerprint density at radius 1 is 1.60 bits per heavy atom. The van der Waals surface area contributed by atoms with Crippen molar-refractivity contribution in [1.82, 2.24) is 9.78 Å². The zero-order valence-electron chi connectivity index (χ0n) is 8.33. The first-order valence-corrected chi connectivity index (χ1v) is 6.37. The number of nitrogens with zero attached hydrogens (tertiary/aromatic N) is 2. The molecule has 2 heterocycles. The highest BCUT2D eigenvalue weighted by molar-refractivity contribution is 7.91. The van der Waals surface area contributed by atoms with Crippen LogP contribution in [-0.4, -0.2) is 42.9 Å². The maximum Gasteiger partial charge on any atom is 0.155 e. The molecule has 84 valence electrons. The van der Waals surface area contributed by atoms with Gasteiger partial charge in [0.2, 0.25) is 0 Å². The lowest BCUT2D eigenvalue weighted by Crippen LogP contribution is -2.24. The first-order chi connectivity index (χ1) is 7.02. The van der Waals surface area contributed by atoms with E-state index in [-0.39, 0.29) is 23.7 Å². The van der Waals surface area contributed by atoms with Crippen LogP contribution in [0, 0.1) is 0 Å². The maximum atomic E-state index is 11.4. The normalized spacial score (nSPS) is 29.4. The molecule has 0 bridgehead atoms. The van der Waals surface area contributed by atoms with Crippen LogP contribution in [0.15, 0.2) is 12.4 Å². The first kappa shape index (κ1) is 10.4. The Morgan fingerprint density at radius 2 is 2.33 bits per heavy atom. The largest absolute Gasteiger partial charge is 0.396 e. The standard InChI is InChI=1S/C8H13N3O3S/c1-14-8-5-15(12,13)4-7(8)11-3-6(9)2-10-11/h2-3,7-8H,4-5,9H2,1H3. The number of hydrogen-bond acceptors (Lipinski definition) is 5. The summed E-state index contributed by atoms with van der Waals surface area (Å²) in [6.45, 7) is 0. The number of methoxy groups -OCH3 is 1. The van der Waals surface area contributed by atoms with E-state index in [2.05, 4.69) is 5.10 Å². The molecule has 15 heavy (non-hydrogen) atoms. The minimum atomic E-state index is -3.02. The molecule has 2 unspecified atom stereocenters. The van der Waals surface area contributed by atoms with Crippen molar-refractivity contribution in [2.24, 2.45) is 0 Å². The van der Waals surface area contributed by atoms with Crippen molar-refractivity contribution >= 4 is 15.5 Å². The molecule has 0 spiro atoms. The lowest BCUT2D eigenvalue weighted by Gasteiger charge is -2.16. The smallest absolute Gasteiger partial charge is 0.155 e. The van der Waals surface area contributed by atoms with Crippen LogP contribution in [0.4, 0.5) is 5.69 Å². The van der Waals surface area contributed by atoms with Crippen molar-refractivity contribution in [2.75, 3.05) is 24.3 Å². The number of anilines is 1. The van der Waals surface area contributed by atoms with Gasteiger partial charge in [-0.15, -0.1) is 0 Å². The van der Waals surface area contributed by atoms with Gasteiger partial charge < -0.3 is 10.5 Å². The van der Waals surface area contributed by atoms with Gasteiger partial charge in [-0.3, -0.25) is 4.68 Å². The molecule has 7 heteroatoms. The van der Waals surface area contributed by atoms with Crippen molar-refractivity contribution in [3.05, 3.63) is 12.4 Å². The monoisotopic (exact) mass is 231 g/mol. The average Bonchev–Trinajstić information content (AvgIpc) is 2.69. The minimum Gasteiger partial charge on any atom is -0.396 e. The number of sulfone groups is 1. The van der Waals surface area contributed by atoms with Crippen LogP contribution in [0.5, 0.6) is 0 Å². The summed E-state index contributed by atoms with van der Waals surface area (Å²) in [6, 6.07) is -0.266. The van der Waals surface area contributed by atoms with Gasteiger partial charge in [0, 0.05) is 13.3 Å². The summed E-state index contributed by atoms with van der Waals surface area (Å²) < 4.78 is 29.6. The Balaban J connectivity index is 2.29. The van der Waals surface area contributed by atoms with Gasteiger partial charge in [-0.05, 0) is 0 Å². The van der Waals surface area contributed by atoms with Gasteiger partial charge in [0.15, 0.2) is 9.84 Å². The van der Waals surface area contributed by atoms with Gasteiger partial charge in [0.1, 0.15) is 0 Å². The third-order valence-electron chi connectivity index (χ3n) is 2.54. The van der Waals surface area contributed by atoms with E-state index in [1.165, 1.54) is 13.3 Å². The second kappa shape index (κ2) is 3.49. The van der Waals surface area contributed by atoms with E-state index in [0.29, 0.717) is 5.69 Å². The molecule has 2 N–H and O–H groups in total. The zero-order chi connectivity index (χ0) is 11.1. The SMILES string of the molecule is COC1CS(=O)(=O)CC1n1cc(N)cn1. The molecule has 2 atom stereocenters. The number of hydrogen-bond donors (Lipinski definition) is 1. The van der Waals surface area contributed by atoms with Crippen molar-refractivity contribution in [3.8, 4) is 0 Å². The molecule has 0 saturated carbocycles. The summed E-state index contributed by atoms with van der Waals surface area (Å²) in [5.74, 6) is 0.112. The van der Waals surface area contributed by atoms with Crippen LogP contribution >= 0.6 is 0 Å². The summed E-state index contributed by atoms with van der Waals surface area (Å²) in [5, 5.41) is 4.01. The molecule has 2 rings (SSSR count). The molecule has 1 aromatic heterocycles. The quantitative estimate of drug-likeness (QED) is 0.738. The average molecular weight is 231 g/mol. The van der Waals surface area contributed by atoms with E-state index in [1.807, 2.05) is 0 Å². The second-order valence-corrected chi connectivity index (χ2v) is 5.83. The van der Waals surface area contributed by atoms with E-state index < -0.39 is 9.84 Å². The predicted octanol–water partition coefficient (Wildman–Crippen LogP) is -0.550. The highest BCUT2D eigenvalue weighted by Crippen LogP contribution is 2.26. The van der Waals surface area contributed by atoms with Gasteiger partial charge >= 0.3 is 0 Å². The van der Waals surface area contributed by atoms with E-state index >= 15 is 0 Å². The molecular weight excluding hydrogens is 218 g/mol. The topological polar surface area (TPSA) is 87.2 Å². The van der Waals surface area contributed by atoms with Crippen LogP contribution in [0.2, 0.25) is 0 Å². The van der Waals surface area contributed by atoms with E-state index in [9.17, 15) is 8.42 Å². The van der Waals surface area contributed by atoms with Crippen LogP contribution < -0.4 is 5.73 Å². The molecule has 0 radical (unpaired) electrons. The van der Waals surface area contributed by atoms with Crippen LogP contribution in [-0.2, 0) is 14.6 Å². The number of nitrogens with two attached hydrogens (primary N) is 1. The third kappa shape index (κ3) is 1.98. The van der Waals surface area contributed by atoms with Crippen LogP contribution in [0.25, 0.3) is 0 Å². The Bertz CT molecular complexity index is 453. The van der Waals surface area contributed by atoms with Crippen LogP contribution in [0.3, 0.4) is 0 Å². The molecule has 6 nitrogen and oxygen atoms in total. The minimum absolute atomic E-state index is 0.0495. The van der Waals surface area contributed by atoms with E-state index in [1.54, 1.807) is 10.9 Å². The molecule has 1 saturated heterocycles. The summed E-state index contributed by atoms with van der Waals surface area (Å²) in [7, 11) is -1.52. The number of rotatable bonds is 2. The van der Waals surface area contributed by atoms with Crippen LogP contribution in [0.1, 0.15) is 6.04 Å². The van der Waals surface area contributed by atoms with Crippen molar-refractivity contribution in [1.29, 1.82) is 0 Å². The lowest BCUT2D eigenvalue weighted by atomic mass is 10.2. The number of nitrogen functional groups attached to an aromatic ring is 1. The van der Waals surface area contributed by atoms with Gasteiger partial charge in [0.25, 0.3) is 0 Å².